The number of ether oxygens (including phenoxy) is 2. The van der Waals surface area contributed by atoms with E-state index < -0.39 is 31.5 Å². The van der Waals surface area contributed by atoms with Crippen LogP contribution in [0.1, 0.15) is 61.3 Å². The number of hydrogen-bond donors (Lipinski definition) is 2. The van der Waals surface area contributed by atoms with Gasteiger partial charge < -0.3 is 24.3 Å². The summed E-state index contributed by atoms with van der Waals surface area (Å²) in [7, 11) is -1.78. The molecule has 0 saturated carbocycles. The molecule has 2 aliphatic rings. The summed E-state index contributed by atoms with van der Waals surface area (Å²) in [6.45, 7) is 20.1. The first-order valence-corrected chi connectivity index (χ1v) is 15.0. The van der Waals surface area contributed by atoms with Crippen LogP contribution in [0.4, 0.5) is 4.79 Å². The molecule has 0 radical (unpaired) electrons. The Labute approximate surface area is 205 Å². The number of carboxylic acids is 1. The van der Waals surface area contributed by atoms with E-state index in [2.05, 4.69) is 39.2 Å². The molecule has 2 heterocycles. The lowest BCUT2D eigenvalue weighted by atomic mass is 9.90. The third-order valence-electron chi connectivity index (χ3n) is 6.72. The standard InChI is InChI=1S/C25H44N2O6Si/c1-23(2,3)33-22(30)27-16-18-11-12-25(7,21(28)29)26-20(18)15-19(27)17-31-13-10-14-32-34(8,9)24(4,5)6/h11-12,19,26H,10,13-17H2,1-9H3,(H,28,29). The number of dihydropyridines is 1. The molecular weight excluding hydrogens is 452 g/mol. The molecule has 2 aliphatic heterocycles. The number of nitrogens with zero attached hydrogens (tertiary/aromatic N) is 1. The van der Waals surface area contributed by atoms with Crippen molar-refractivity contribution in [1.29, 1.82) is 0 Å². The lowest BCUT2D eigenvalue weighted by molar-refractivity contribution is -0.141. The van der Waals surface area contributed by atoms with Gasteiger partial charge in [0, 0.05) is 25.3 Å². The molecule has 0 saturated heterocycles. The second kappa shape index (κ2) is 10.4. The molecule has 8 nitrogen and oxygen atoms in total. The van der Waals surface area contributed by atoms with Crippen LogP contribution in [0.25, 0.3) is 0 Å². The van der Waals surface area contributed by atoms with E-state index in [1.54, 1.807) is 24.0 Å². The Morgan fingerprint density at radius 2 is 1.85 bits per heavy atom. The van der Waals surface area contributed by atoms with Crippen LogP contribution in [0.3, 0.4) is 0 Å². The van der Waals surface area contributed by atoms with Gasteiger partial charge in [-0.05, 0) is 63.9 Å². The van der Waals surface area contributed by atoms with Crippen LogP contribution in [0, 0.1) is 0 Å². The summed E-state index contributed by atoms with van der Waals surface area (Å²) in [5.41, 5.74) is -0.0501. The van der Waals surface area contributed by atoms with Crippen molar-refractivity contribution in [3.05, 3.63) is 23.4 Å². The van der Waals surface area contributed by atoms with Crippen molar-refractivity contribution in [2.75, 3.05) is 26.4 Å². The van der Waals surface area contributed by atoms with E-state index in [0.29, 0.717) is 32.8 Å². The molecule has 2 unspecified atom stereocenters. The van der Waals surface area contributed by atoms with Gasteiger partial charge in [0.05, 0.1) is 19.2 Å². The van der Waals surface area contributed by atoms with E-state index >= 15 is 0 Å². The maximum absolute atomic E-state index is 12.9. The summed E-state index contributed by atoms with van der Waals surface area (Å²) >= 11 is 0. The second-order valence-electron chi connectivity index (χ2n) is 12.0. The van der Waals surface area contributed by atoms with Crippen LogP contribution in [0.15, 0.2) is 23.4 Å². The van der Waals surface area contributed by atoms with Gasteiger partial charge in [-0.25, -0.2) is 9.59 Å². The van der Waals surface area contributed by atoms with Crippen LogP contribution in [-0.4, -0.2) is 73.9 Å². The van der Waals surface area contributed by atoms with E-state index in [9.17, 15) is 14.7 Å². The quantitative estimate of drug-likeness (QED) is 0.372. The lowest BCUT2D eigenvalue weighted by Crippen LogP contribution is -2.55. The van der Waals surface area contributed by atoms with Crippen molar-refractivity contribution >= 4 is 20.4 Å². The molecule has 2 rings (SSSR count). The van der Waals surface area contributed by atoms with E-state index in [1.165, 1.54) is 0 Å². The highest BCUT2D eigenvalue weighted by Gasteiger charge is 2.40. The average Bonchev–Trinajstić information content (AvgIpc) is 2.67. The first kappa shape index (κ1) is 28.4. The number of rotatable bonds is 8. The maximum atomic E-state index is 12.9. The summed E-state index contributed by atoms with van der Waals surface area (Å²) < 4.78 is 17.8. The first-order chi connectivity index (χ1) is 15.5. The van der Waals surface area contributed by atoms with Crippen molar-refractivity contribution in [3.63, 3.8) is 0 Å². The molecule has 2 atom stereocenters. The topological polar surface area (TPSA) is 97.3 Å². The molecule has 194 valence electrons. The first-order valence-electron chi connectivity index (χ1n) is 12.1. The van der Waals surface area contributed by atoms with E-state index in [0.717, 1.165) is 17.7 Å². The molecule has 9 heteroatoms. The summed E-state index contributed by atoms with van der Waals surface area (Å²) in [4.78, 5) is 26.3. The van der Waals surface area contributed by atoms with Gasteiger partial charge in [0.2, 0.25) is 0 Å². The fraction of sp³-hybridized carbons (Fsp3) is 0.760. The summed E-state index contributed by atoms with van der Waals surface area (Å²) in [5, 5.41) is 12.9. The van der Waals surface area contributed by atoms with Gasteiger partial charge in [0.1, 0.15) is 5.60 Å². The van der Waals surface area contributed by atoms with Gasteiger partial charge in [-0.15, -0.1) is 0 Å². The molecule has 0 aromatic carbocycles. The van der Waals surface area contributed by atoms with Gasteiger partial charge in [-0.1, -0.05) is 26.8 Å². The third kappa shape index (κ3) is 7.33. The Kier molecular flexibility index (Phi) is 8.70. The number of carbonyl (C=O) groups excluding carboxylic acids is 1. The van der Waals surface area contributed by atoms with E-state index in [4.69, 9.17) is 13.9 Å². The zero-order valence-corrected chi connectivity index (χ0v) is 23.4. The van der Waals surface area contributed by atoms with Gasteiger partial charge in [0.15, 0.2) is 13.9 Å². The number of nitrogens with one attached hydrogen (secondary N) is 1. The molecule has 0 aliphatic carbocycles. The number of carboxylic acid groups (broad SMARTS) is 1. The van der Waals surface area contributed by atoms with Crippen LogP contribution < -0.4 is 5.32 Å². The van der Waals surface area contributed by atoms with Crippen LogP contribution in [0.2, 0.25) is 18.1 Å². The summed E-state index contributed by atoms with van der Waals surface area (Å²) in [6.07, 6.45) is 4.28. The molecular formula is C25H44N2O6Si. The second-order valence-corrected chi connectivity index (χ2v) is 16.8. The molecule has 34 heavy (non-hydrogen) atoms. The van der Waals surface area contributed by atoms with Gasteiger partial charge in [-0.3, -0.25) is 4.90 Å². The fourth-order valence-corrected chi connectivity index (χ4v) is 4.61. The zero-order valence-electron chi connectivity index (χ0n) is 22.4. The van der Waals surface area contributed by atoms with Crippen LogP contribution in [0.5, 0.6) is 0 Å². The monoisotopic (exact) mass is 496 g/mol. The van der Waals surface area contributed by atoms with Crippen molar-refractivity contribution in [2.24, 2.45) is 0 Å². The number of hydrogen-bond acceptors (Lipinski definition) is 6. The minimum Gasteiger partial charge on any atom is -0.479 e. The van der Waals surface area contributed by atoms with Gasteiger partial charge in [0.25, 0.3) is 0 Å². The Morgan fingerprint density at radius 1 is 1.21 bits per heavy atom. The van der Waals surface area contributed by atoms with Crippen molar-refractivity contribution in [1.82, 2.24) is 10.2 Å². The Balaban J connectivity index is 2.01. The minimum atomic E-state index is -1.78. The predicted molar refractivity (Wildman–Crippen MR) is 135 cm³/mol. The SMILES string of the molecule is CC(C)(C)OC(=O)N1CC2=C(CC1COCCCO[Si](C)(C)C(C)(C)C)NC(C)(C(=O)O)C=C2. The number of amides is 1. The smallest absolute Gasteiger partial charge is 0.410 e. The van der Waals surface area contributed by atoms with Crippen molar-refractivity contribution in [3.8, 4) is 0 Å². The maximum Gasteiger partial charge on any atom is 0.410 e. The van der Waals surface area contributed by atoms with E-state index in [1.807, 2.05) is 20.8 Å². The summed E-state index contributed by atoms with van der Waals surface area (Å²) in [6, 6.07) is -0.257. The van der Waals surface area contributed by atoms with Crippen LogP contribution in [-0.2, 0) is 18.7 Å². The molecule has 0 fully saturated rings. The third-order valence-corrected chi connectivity index (χ3v) is 11.3. The Bertz CT molecular complexity index is 824. The molecule has 0 bridgehead atoms. The molecule has 0 aromatic heterocycles. The number of aliphatic carboxylic acids is 1. The Morgan fingerprint density at radius 3 is 2.41 bits per heavy atom. The fourth-order valence-electron chi connectivity index (χ4n) is 3.52. The molecule has 2 N–H and O–H groups in total. The lowest BCUT2D eigenvalue weighted by Gasteiger charge is -2.41. The highest BCUT2D eigenvalue weighted by Crippen LogP contribution is 2.36. The highest BCUT2D eigenvalue weighted by atomic mass is 28.4. The zero-order chi connectivity index (χ0) is 25.9. The molecule has 0 aromatic rings. The average molecular weight is 497 g/mol. The van der Waals surface area contributed by atoms with E-state index in [-0.39, 0.29) is 11.1 Å². The highest BCUT2D eigenvalue weighted by molar-refractivity contribution is 6.74. The molecule has 0 spiro atoms. The van der Waals surface area contributed by atoms with Gasteiger partial charge >= 0.3 is 12.1 Å². The largest absolute Gasteiger partial charge is 0.479 e. The number of carbonyl (C=O) groups is 2. The minimum absolute atomic E-state index is 0.168. The normalized spacial score (nSPS) is 23.4. The summed E-state index contributed by atoms with van der Waals surface area (Å²) in [5.74, 6) is -0.945. The van der Waals surface area contributed by atoms with Crippen molar-refractivity contribution in [2.45, 2.75) is 96.6 Å². The molecule has 1 amide bonds. The van der Waals surface area contributed by atoms with Gasteiger partial charge in [-0.2, -0.15) is 0 Å². The van der Waals surface area contributed by atoms with Crippen molar-refractivity contribution < 1.29 is 28.6 Å². The Hall–Kier alpha value is -1.84. The predicted octanol–water partition coefficient (Wildman–Crippen LogP) is 4.68. The van der Waals surface area contributed by atoms with Crippen LogP contribution >= 0.6 is 0 Å².